The van der Waals surface area contributed by atoms with E-state index in [0.717, 1.165) is 15.7 Å². The summed E-state index contributed by atoms with van der Waals surface area (Å²) < 4.78 is 0.786. The standard InChI is InChI=1S/C6H5BrN4/c1-3-4-5(7)8-2-9-6(4)11-10-3/h2H,1H3,(H,8,9,10,11). The van der Waals surface area contributed by atoms with Crippen molar-refractivity contribution in [2.24, 2.45) is 0 Å². The first-order valence-electron chi connectivity index (χ1n) is 3.10. The highest BCUT2D eigenvalue weighted by Crippen LogP contribution is 2.20. The summed E-state index contributed by atoms with van der Waals surface area (Å²) >= 11 is 3.32. The number of aromatic nitrogens is 4. The van der Waals surface area contributed by atoms with Gasteiger partial charge in [-0.3, -0.25) is 5.10 Å². The van der Waals surface area contributed by atoms with Crippen molar-refractivity contribution < 1.29 is 0 Å². The molecule has 0 unspecified atom stereocenters. The molecule has 0 amide bonds. The van der Waals surface area contributed by atoms with Gasteiger partial charge in [-0.05, 0) is 22.9 Å². The lowest BCUT2D eigenvalue weighted by Gasteiger charge is -1.89. The molecule has 0 fully saturated rings. The van der Waals surface area contributed by atoms with Crippen LogP contribution in [0.1, 0.15) is 5.69 Å². The number of H-pyrrole nitrogens is 1. The first-order chi connectivity index (χ1) is 5.29. The van der Waals surface area contributed by atoms with Crippen molar-refractivity contribution >= 4 is 27.0 Å². The van der Waals surface area contributed by atoms with Gasteiger partial charge in [0.25, 0.3) is 0 Å². The van der Waals surface area contributed by atoms with Gasteiger partial charge in [0.05, 0.1) is 5.39 Å². The maximum atomic E-state index is 3.99. The fourth-order valence-electron chi connectivity index (χ4n) is 0.956. The average molecular weight is 213 g/mol. The van der Waals surface area contributed by atoms with Crippen molar-refractivity contribution in [1.82, 2.24) is 20.2 Å². The summed E-state index contributed by atoms with van der Waals surface area (Å²) in [7, 11) is 0. The van der Waals surface area contributed by atoms with Crippen LogP contribution in [0.25, 0.3) is 11.0 Å². The highest BCUT2D eigenvalue weighted by molar-refractivity contribution is 9.10. The molecule has 1 N–H and O–H groups in total. The quantitative estimate of drug-likeness (QED) is 0.673. The molecule has 0 radical (unpaired) electrons. The summed E-state index contributed by atoms with van der Waals surface area (Å²) in [4.78, 5) is 7.97. The molecule has 0 saturated carbocycles. The molecule has 0 aromatic carbocycles. The highest BCUT2D eigenvalue weighted by Gasteiger charge is 2.05. The van der Waals surface area contributed by atoms with Crippen molar-refractivity contribution in [3.05, 3.63) is 16.6 Å². The van der Waals surface area contributed by atoms with Crippen molar-refractivity contribution in [3.63, 3.8) is 0 Å². The summed E-state index contributed by atoms with van der Waals surface area (Å²) in [5, 5.41) is 7.76. The largest absolute Gasteiger partial charge is 0.280 e. The van der Waals surface area contributed by atoms with E-state index in [4.69, 9.17) is 0 Å². The van der Waals surface area contributed by atoms with Gasteiger partial charge in [0.15, 0.2) is 5.65 Å². The normalized spacial score (nSPS) is 10.7. The highest BCUT2D eigenvalue weighted by atomic mass is 79.9. The van der Waals surface area contributed by atoms with Crippen LogP contribution in [-0.4, -0.2) is 20.2 Å². The molecule has 2 aromatic heterocycles. The van der Waals surface area contributed by atoms with Crippen LogP contribution in [0.2, 0.25) is 0 Å². The number of nitrogens with zero attached hydrogens (tertiary/aromatic N) is 3. The van der Waals surface area contributed by atoms with Crippen molar-refractivity contribution in [2.45, 2.75) is 6.92 Å². The van der Waals surface area contributed by atoms with Crippen LogP contribution in [0.5, 0.6) is 0 Å². The number of fused-ring (bicyclic) bond motifs is 1. The minimum absolute atomic E-state index is 0.698. The Kier molecular flexibility index (Phi) is 1.38. The second kappa shape index (κ2) is 2.27. The zero-order valence-electron chi connectivity index (χ0n) is 5.80. The van der Waals surface area contributed by atoms with Crippen molar-refractivity contribution in [2.75, 3.05) is 0 Å². The Labute approximate surface area is 71.2 Å². The number of hydrogen-bond acceptors (Lipinski definition) is 3. The fourth-order valence-corrected chi connectivity index (χ4v) is 1.52. The van der Waals surface area contributed by atoms with Gasteiger partial charge in [-0.1, -0.05) is 0 Å². The third-order valence-corrected chi connectivity index (χ3v) is 2.09. The van der Waals surface area contributed by atoms with E-state index in [9.17, 15) is 0 Å². The summed E-state index contributed by atoms with van der Waals surface area (Å²) in [5.41, 5.74) is 1.68. The van der Waals surface area contributed by atoms with Crippen LogP contribution in [0, 0.1) is 6.92 Å². The van der Waals surface area contributed by atoms with E-state index >= 15 is 0 Å². The molecule has 56 valence electrons. The molecule has 11 heavy (non-hydrogen) atoms. The first-order valence-corrected chi connectivity index (χ1v) is 3.89. The van der Waals surface area contributed by atoms with Gasteiger partial charge in [-0.25, -0.2) is 9.97 Å². The van der Waals surface area contributed by atoms with Crippen molar-refractivity contribution in [1.29, 1.82) is 0 Å². The Balaban J connectivity index is 2.96. The molecule has 0 aliphatic carbocycles. The maximum absolute atomic E-state index is 3.99. The number of nitrogens with one attached hydrogen (secondary N) is 1. The molecule has 0 spiro atoms. The molecule has 0 bridgehead atoms. The molecule has 0 saturated heterocycles. The molecule has 4 nitrogen and oxygen atoms in total. The SMILES string of the molecule is Cc1[nH]nc2ncnc(Br)c12. The summed E-state index contributed by atoms with van der Waals surface area (Å²) in [6.45, 7) is 1.93. The number of halogens is 1. The Morgan fingerprint density at radius 3 is 3.00 bits per heavy atom. The molecule has 0 aliphatic heterocycles. The predicted octanol–water partition coefficient (Wildman–Crippen LogP) is 1.42. The zero-order valence-corrected chi connectivity index (χ0v) is 7.38. The molecule has 0 atom stereocenters. The fraction of sp³-hybridized carbons (Fsp3) is 0.167. The Hall–Kier alpha value is -0.970. The van der Waals surface area contributed by atoms with Crippen LogP contribution >= 0.6 is 15.9 Å². The molecule has 2 heterocycles. The molecular formula is C6H5BrN4. The van der Waals surface area contributed by atoms with E-state index in [1.807, 2.05) is 6.92 Å². The number of rotatable bonds is 0. The average Bonchev–Trinajstić information content (AvgIpc) is 2.34. The lowest BCUT2D eigenvalue weighted by atomic mass is 10.3. The van der Waals surface area contributed by atoms with Gasteiger partial charge in [-0.15, -0.1) is 0 Å². The first kappa shape index (κ1) is 6.72. The second-order valence-electron chi connectivity index (χ2n) is 2.21. The lowest BCUT2D eigenvalue weighted by molar-refractivity contribution is 1.05. The van der Waals surface area contributed by atoms with E-state index < -0.39 is 0 Å². The number of aryl methyl sites for hydroxylation is 1. The molecule has 2 aromatic rings. The third kappa shape index (κ3) is 0.920. The van der Waals surface area contributed by atoms with Crippen LogP contribution in [0.15, 0.2) is 10.9 Å². The van der Waals surface area contributed by atoms with Gasteiger partial charge < -0.3 is 0 Å². The van der Waals surface area contributed by atoms with Gasteiger partial charge in [0.1, 0.15) is 10.9 Å². The maximum Gasteiger partial charge on any atom is 0.185 e. The Morgan fingerprint density at radius 1 is 1.45 bits per heavy atom. The van der Waals surface area contributed by atoms with Gasteiger partial charge >= 0.3 is 0 Å². The number of hydrogen-bond donors (Lipinski definition) is 1. The van der Waals surface area contributed by atoms with Crippen LogP contribution < -0.4 is 0 Å². The molecule has 5 heteroatoms. The predicted molar refractivity (Wildman–Crippen MR) is 44.1 cm³/mol. The molecular weight excluding hydrogens is 208 g/mol. The third-order valence-electron chi connectivity index (χ3n) is 1.49. The van der Waals surface area contributed by atoms with E-state index in [1.165, 1.54) is 6.33 Å². The minimum Gasteiger partial charge on any atom is -0.280 e. The van der Waals surface area contributed by atoms with Gasteiger partial charge in [0.2, 0.25) is 0 Å². The van der Waals surface area contributed by atoms with Crippen molar-refractivity contribution in [3.8, 4) is 0 Å². The smallest absolute Gasteiger partial charge is 0.185 e. The van der Waals surface area contributed by atoms with Gasteiger partial charge in [-0.2, -0.15) is 5.10 Å². The Morgan fingerprint density at radius 2 is 2.27 bits per heavy atom. The summed E-state index contributed by atoms with van der Waals surface area (Å²) in [6, 6.07) is 0. The van der Waals surface area contributed by atoms with Crippen LogP contribution in [-0.2, 0) is 0 Å². The Bertz CT molecular complexity index is 394. The van der Waals surface area contributed by atoms with Gasteiger partial charge in [0, 0.05) is 5.69 Å². The topological polar surface area (TPSA) is 54.5 Å². The minimum atomic E-state index is 0.698. The van der Waals surface area contributed by atoms with Crippen LogP contribution in [0.3, 0.4) is 0 Å². The zero-order chi connectivity index (χ0) is 7.84. The second-order valence-corrected chi connectivity index (χ2v) is 2.96. The van der Waals surface area contributed by atoms with E-state index in [-0.39, 0.29) is 0 Å². The summed E-state index contributed by atoms with van der Waals surface area (Å²) in [5.74, 6) is 0. The van der Waals surface area contributed by atoms with E-state index in [2.05, 4.69) is 36.1 Å². The summed E-state index contributed by atoms with van der Waals surface area (Å²) in [6.07, 6.45) is 1.48. The van der Waals surface area contributed by atoms with E-state index in [0.29, 0.717) is 5.65 Å². The molecule has 2 rings (SSSR count). The molecule has 0 aliphatic rings. The van der Waals surface area contributed by atoms with E-state index in [1.54, 1.807) is 0 Å². The van der Waals surface area contributed by atoms with Crippen LogP contribution in [0.4, 0.5) is 0 Å². The lowest BCUT2D eigenvalue weighted by Crippen LogP contribution is -1.81. The monoisotopic (exact) mass is 212 g/mol. The number of aromatic amines is 1.